The SMILES string of the molecule is Cc1ccsc1C(NCC1CCCO1)C(N)=O. The van der Waals surface area contributed by atoms with E-state index in [0.29, 0.717) is 6.54 Å². The van der Waals surface area contributed by atoms with Gasteiger partial charge in [0.2, 0.25) is 5.91 Å². The third kappa shape index (κ3) is 3.06. The van der Waals surface area contributed by atoms with E-state index in [1.54, 1.807) is 11.3 Å². The van der Waals surface area contributed by atoms with Gasteiger partial charge in [0, 0.05) is 18.0 Å². The smallest absolute Gasteiger partial charge is 0.240 e. The van der Waals surface area contributed by atoms with E-state index >= 15 is 0 Å². The molecule has 1 saturated heterocycles. The monoisotopic (exact) mass is 254 g/mol. The highest BCUT2D eigenvalue weighted by atomic mass is 32.1. The number of aryl methyl sites for hydroxylation is 1. The maximum Gasteiger partial charge on any atom is 0.240 e. The van der Waals surface area contributed by atoms with Crippen molar-refractivity contribution in [2.75, 3.05) is 13.2 Å². The van der Waals surface area contributed by atoms with Crippen molar-refractivity contribution in [2.45, 2.75) is 31.9 Å². The van der Waals surface area contributed by atoms with Gasteiger partial charge in [0.25, 0.3) is 0 Å². The predicted molar refractivity (Wildman–Crippen MR) is 68.0 cm³/mol. The minimum absolute atomic E-state index is 0.220. The van der Waals surface area contributed by atoms with Gasteiger partial charge >= 0.3 is 0 Å². The molecule has 94 valence electrons. The van der Waals surface area contributed by atoms with Gasteiger partial charge in [0.15, 0.2) is 0 Å². The summed E-state index contributed by atoms with van der Waals surface area (Å²) in [5.74, 6) is -0.325. The molecule has 2 rings (SSSR count). The Hall–Kier alpha value is -0.910. The molecule has 1 aliphatic heterocycles. The van der Waals surface area contributed by atoms with Crippen LogP contribution in [-0.4, -0.2) is 25.2 Å². The summed E-state index contributed by atoms with van der Waals surface area (Å²) in [6, 6.07) is 1.61. The highest BCUT2D eigenvalue weighted by molar-refractivity contribution is 7.10. The van der Waals surface area contributed by atoms with Crippen LogP contribution in [-0.2, 0) is 9.53 Å². The van der Waals surface area contributed by atoms with E-state index in [1.165, 1.54) is 0 Å². The van der Waals surface area contributed by atoms with Crippen molar-refractivity contribution >= 4 is 17.2 Å². The van der Waals surface area contributed by atoms with Gasteiger partial charge in [-0.15, -0.1) is 11.3 Å². The van der Waals surface area contributed by atoms with E-state index in [0.717, 1.165) is 29.9 Å². The Morgan fingerprint density at radius 1 is 1.76 bits per heavy atom. The lowest BCUT2D eigenvalue weighted by atomic mass is 10.1. The number of hydrogen-bond acceptors (Lipinski definition) is 4. The molecule has 1 aliphatic rings. The molecule has 3 N–H and O–H groups in total. The number of thiophene rings is 1. The fourth-order valence-corrected chi connectivity index (χ4v) is 3.07. The molecule has 2 atom stereocenters. The van der Waals surface area contributed by atoms with Crippen molar-refractivity contribution in [3.05, 3.63) is 21.9 Å². The number of primary amides is 1. The van der Waals surface area contributed by atoms with Gasteiger partial charge < -0.3 is 10.5 Å². The van der Waals surface area contributed by atoms with E-state index in [1.807, 2.05) is 18.4 Å². The van der Waals surface area contributed by atoms with E-state index in [4.69, 9.17) is 10.5 Å². The summed E-state index contributed by atoms with van der Waals surface area (Å²) in [5.41, 5.74) is 6.56. The zero-order valence-corrected chi connectivity index (χ0v) is 10.8. The average Bonchev–Trinajstić information content (AvgIpc) is 2.91. The Balaban J connectivity index is 1.98. The van der Waals surface area contributed by atoms with Crippen LogP contribution in [0.1, 0.15) is 29.3 Å². The lowest BCUT2D eigenvalue weighted by Gasteiger charge is -2.17. The first-order valence-electron chi connectivity index (χ1n) is 5.87. The molecule has 0 saturated carbocycles. The first-order chi connectivity index (χ1) is 8.18. The molecule has 2 unspecified atom stereocenters. The van der Waals surface area contributed by atoms with Crippen molar-refractivity contribution in [1.29, 1.82) is 0 Å². The van der Waals surface area contributed by atoms with Crippen LogP contribution in [0, 0.1) is 6.92 Å². The van der Waals surface area contributed by atoms with Crippen LogP contribution in [0.25, 0.3) is 0 Å². The maximum atomic E-state index is 11.5. The van der Waals surface area contributed by atoms with Crippen LogP contribution in [0.5, 0.6) is 0 Å². The first kappa shape index (κ1) is 12.5. The number of amides is 1. The lowest BCUT2D eigenvalue weighted by Crippen LogP contribution is -2.37. The molecular weight excluding hydrogens is 236 g/mol. The standard InChI is InChI=1S/C12H18N2O2S/c1-8-4-6-17-11(8)10(12(13)15)14-7-9-3-2-5-16-9/h4,6,9-10,14H,2-3,5,7H2,1H3,(H2,13,15). The minimum atomic E-state index is -0.390. The van der Waals surface area contributed by atoms with Crippen molar-refractivity contribution in [3.8, 4) is 0 Å². The zero-order chi connectivity index (χ0) is 12.3. The average molecular weight is 254 g/mol. The Kier molecular flexibility index (Phi) is 4.15. The highest BCUT2D eigenvalue weighted by Crippen LogP contribution is 2.24. The highest BCUT2D eigenvalue weighted by Gasteiger charge is 2.23. The summed E-state index contributed by atoms with van der Waals surface area (Å²) in [6.45, 7) is 3.51. The van der Waals surface area contributed by atoms with E-state index in [9.17, 15) is 4.79 Å². The second-order valence-corrected chi connectivity index (χ2v) is 5.29. The van der Waals surface area contributed by atoms with Gasteiger partial charge in [-0.2, -0.15) is 0 Å². The normalized spacial score (nSPS) is 21.6. The molecule has 4 nitrogen and oxygen atoms in total. The number of carbonyl (C=O) groups excluding carboxylic acids is 1. The number of hydrogen-bond donors (Lipinski definition) is 2. The van der Waals surface area contributed by atoms with Gasteiger partial charge in [-0.25, -0.2) is 0 Å². The van der Waals surface area contributed by atoms with Crippen molar-refractivity contribution in [3.63, 3.8) is 0 Å². The fourth-order valence-electron chi connectivity index (χ4n) is 2.06. The van der Waals surface area contributed by atoms with Crippen LogP contribution in [0.4, 0.5) is 0 Å². The van der Waals surface area contributed by atoms with Crippen LogP contribution < -0.4 is 11.1 Å². The van der Waals surface area contributed by atoms with Crippen LogP contribution in [0.2, 0.25) is 0 Å². The Labute approximate surface area is 105 Å². The largest absolute Gasteiger partial charge is 0.377 e. The van der Waals surface area contributed by atoms with E-state index in [2.05, 4.69) is 5.32 Å². The van der Waals surface area contributed by atoms with Gasteiger partial charge in [0.1, 0.15) is 6.04 Å². The molecule has 0 bridgehead atoms. The third-order valence-corrected chi connectivity index (χ3v) is 4.11. The Bertz CT molecular complexity index is 386. The lowest BCUT2D eigenvalue weighted by molar-refractivity contribution is -0.120. The summed E-state index contributed by atoms with van der Waals surface area (Å²) >= 11 is 1.56. The number of nitrogens with two attached hydrogens (primary N) is 1. The number of ether oxygens (including phenoxy) is 1. The van der Waals surface area contributed by atoms with Crippen LogP contribution in [0.3, 0.4) is 0 Å². The van der Waals surface area contributed by atoms with Gasteiger partial charge in [-0.05, 0) is 36.8 Å². The van der Waals surface area contributed by atoms with Crippen molar-refractivity contribution in [1.82, 2.24) is 5.32 Å². The Morgan fingerprint density at radius 3 is 3.12 bits per heavy atom. The summed E-state index contributed by atoms with van der Waals surface area (Å²) in [5, 5.41) is 5.20. The predicted octanol–water partition coefficient (Wildman–Crippen LogP) is 1.35. The quantitative estimate of drug-likeness (QED) is 0.833. The molecule has 1 amide bonds. The van der Waals surface area contributed by atoms with Gasteiger partial charge in [0.05, 0.1) is 6.10 Å². The van der Waals surface area contributed by atoms with Crippen LogP contribution >= 0.6 is 11.3 Å². The summed E-state index contributed by atoms with van der Waals surface area (Å²) in [4.78, 5) is 12.5. The number of rotatable bonds is 5. The first-order valence-corrected chi connectivity index (χ1v) is 6.74. The zero-order valence-electron chi connectivity index (χ0n) is 9.94. The maximum absolute atomic E-state index is 11.5. The molecule has 1 fully saturated rings. The number of nitrogens with one attached hydrogen (secondary N) is 1. The van der Waals surface area contributed by atoms with Gasteiger partial charge in [-0.1, -0.05) is 0 Å². The van der Waals surface area contributed by atoms with Crippen LogP contribution in [0.15, 0.2) is 11.4 Å². The fraction of sp³-hybridized carbons (Fsp3) is 0.583. The molecule has 0 aromatic carbocycles. The summed E-state index contributed by atoms with van der Waals surface area (Å²) in [6.07, 6.45) is 2.38. The molecule has 2 heterocycles. The second-order valence-electron chi connectivity index (χ2n) is 4.35. The summed E-state index contributed by atoms with van der Waals surface area (Å²) in [7, 11) is 0. The number of carbonyl (C=O) groups is 1. The molecule has 1 aromatic heterocycles. The molecule has 17 heavy (non-hydrogen) atoms. The van der Waals surface area contributed by atoms with Crippen molar-refractivity contribution in [2.24, 2.45) is 5.73 Å². The summed E-state index contributed by atoms with van der Waals surface area (Å²) < 4.78 is 5.52. The molecule has 0 aliphatic carbocycles. The topological polar surface area (TPSA) is 64.3 Å². The van der Waals surface area contributed by atoms with E-state index in [-0.39, 0.29) is 18.1 Å². The van der Waals surface area contributed by atoms with Crippen molar-refractivity contribution < 1.29 is 9.53 Å². The molecule has 0 spiro atoms. The minimum Gasteiger partial charge on any atom is -0.377 e. The van der Waals surface area contributed by atoms with Gasteiger partial charge in [-0.3, -0.25) is 10.1 Å². The molecule has 5 heteroatoms. The molecule has 0 radical (unpaired) electrons. The molecular formula is C12H18N2O2S. The third-order valence-electron chi connectivity index (χ3n) is 3.02. The van der Waals surface area contributed by atoms with E-state index < -0.39 is 0 Å². The Morgan fingerprint density at radius 2 is 2.59 bits per heavy atom. The second kappa shape index (κ2) is 5.62. The molecule has 1 aromatic rings.